The Hall–Kier alpha value is -2.83. The van der Waals surface area contributed by atoms with Gasteiger partial charge >= 0.3 is 6.09 Å². The van der Waals surface area contributed by atoms with Gasteiger partial charge in [0.15, 0.2) is 0 Å². The van der Waals surface area contributed by atoms with Gasteiger partial charge in [-0.2, -0.15) is 0 Å². The molecular formula is C16H16N4O3. The van der Waals surface area contributed by atoms with Gasteiger partial charge in [-0.1, -0.05) is 6.08 Å². The average Bonchev–Trinajstić information content (AvgIpc) is 3.07. The molecule has 2 aromatic heterocycles. The number of nitrogens with one attached hydrogen (secondary N) is 2. The van der Waals surface area contributed by atoms with E-state index >= 15 is 0 Å². The van der Waals surface area contributed by atoms with E-state index < -0.39 is 6.09 Å². The molecule has 0 aromatic carbocycles. The van der Waals surface area contributed by atoms with Gasteiger partial charge in [0.05, 0.1) is 0 Å². The summed E-state index contributed by atoms with van der Waals surface area (Å²) in [5.74, 6) is 0.608. The summed E-state index contributed by atoms with van der Waals surface area (Å²) in [6.45, 7) is 0.721. The summed E-state index contributed by atoms with van der Waals surface area (Å²) < 4.78 is 0. The molecule has 3 heterocycles. The molecule has 2 aromatic rings. The Labute approximate surface area is 132 Å². The maximum absolute atomic E-state index is 12.0. The van der Waals surface area contributed by atoms with Crippen LogP contribution < -0.4 is 5.32 Å². The number of amides is 2. The summed E-state index contributed by atoms with van der Waals surface area (Å²) in [6, 6.07) is 3.74. The van der Waals surface area contributed by atoms with Crippen LogP contribution in [0.15, 0.2) is 24.4 Å². The maximum atomic E-state index is 12.0. The Kier molecular flexibility index (Phi) is 3.07. The summed E-state index contributed by atoms with van der Waals surface area (Å²) in [5.41, 5.74) is 2.52. The smallest absolute Gasteiger partial charge is 0.407 e. The van der Waals surface area contributed by atoms with Crippen molar-refractivity contribution in [2.24, 2.45) is 5.92 Å². The third-order valence-corrected chi connectivity index (χ3v) is 4.26. The summed E-state index contributed by atoms with van der Waals surface area (Å²) in [6.07, 6.45) is 4.63. The van der Waals surface area contributed by atoms with Crippen molar-refractivity contribution in [3.8, 4) is 0 Å². The van der Waals surface area contributed by atoms with Crippen LogP contribution in [0.1, 0.15) is 18.4 Å². The zero-order valence-corrected chi connectivity index (χ0v) is 12.4. The van der Waals surface area contributed by atoms with Crippen LogP contribution in [0.25, 0.3) is 16.6 Å². The molecule has 7 heteroatoms. The number of pyridine rings is 1. The molecule has 7 nitrogen and oxygen atoms in total. The molecule has 2 aliphatic rings. The fourth-order valence-electron chi connectivity index (χ4n) is 2.84. The summed E-state index contributed by atoms with van der Waals surface area (Å²) in [4.78, 5) is 31.9. The Morgan fingerprint density at radius 2 is 2.22 bits per heavy atom. The van der Waals surface area contributed by atoms with Crippen molar-refractivity contribution >= 4 is 34.4 Å². The number of hydrogen-bond donors (Lipinski definition) is 3. The molecule has 0 saturated heterocycles. The molecular weight excluding hydrogens is 296 g/mol. The number of hydrogen-bond acceptors (Lipinski definition) is 3. The van der Waals surface area contributed by atoms with E-state index in [1.54, 1.807) is 6.20 Å². The van der Waals surface area contributed by atoms with E-state index in [1.807, 2.05) is 18.2 Å². The van der Waals surface area contributed by atoms with Gasteiger partial charge in [-0.15, -0.1) is 0 Å². The lowest BCUT2D eigenvalue weighted by Gasteiger charge is -2.13. The van der Waals surface area contributed by atoms with Crippen LogP contribution in [-0.4, -0.2) is 45.1 Å². The average molecular weight is 312 g/mol. The lowest BCUT2D eigenvalue weighted by Crippen LogP contribution is -2.26. The van der Waals surface area contributed by atoms with Crippen molar-refractivity contribution in [2.45, 2.75) is 12.8 Å². The third-order valence-electron chi connectivity index (χ3n) is 4.26. The van der Waals surface area contributed by atoms with Gasteiger partial charge < -0.3 is 20.3 Å². The predicted octanol–water partition coefficient (Wildman–Crippen LogP) is 2.29. The Morgan fingerprint density at radius 3 is 2.91 bits per heavy atom. The van der Waals surface area contributed by atoms with E-state index in [-0.39, 0.29) is 11.8 Å². The second-order valence-electron chi connectivity index (χ2n) is 5.95. The quantitative estimate of drug-likeness (QED) is 0.809. The Bertz CT molecular complexity index is 835. The van der Waals surface area contributed by atoms with Crippen molar-refractivity contribution in [3.63, 3.8) is 0 Å². The number of carbonyl (C=O) groups excluding carboxylic acids is 1. The summed E-state index contributed by atoms with van der Waals surface area (Å²) >= 11 is 0. The zero-order valence-electron chi connectivity index (χ0n) is 12.4. The van der Waals surface area contributed by atoms with Crippen molar-refractivity contribution in [1.29, 1.82) is 0 Å². The largest absolute Gasteiger partial charge is 0.465 e. The van der Waals surface area contributed by atoms with Gasteiger partial charge in [-0.3, -0.25) is 4.79 Å². The molecule has 0 atom stereocenters. The normalized spacial score (nSPS) is 17.4. The monoisotopic (exact) mass is 312 g/mol. The fourth-order valence-corrected chi connectivity index (χ4v) is 2.84. The molecule has 0 radical (unpaired) electrons. The highest BCUT2D eigenvalue weighted by atomic mass is 16.4. The molecule has 118 valence electrons. The van der Waals surface area contributed by atoms with Gasteiger partial charge in [-0.05, 0) is 36.1 Å². The minimum atomic E-state index is -0.933. The topological polar surface area (TPSA) is 98.3 Å². The van der Waals surface area contributed by atoms with Crippen molar-refractivity contribution in [3.05, 3.63) is 30.0 Å². The first-order valence-electron chi connectivity index (χ1n) is 7.58. The number of nitrogens with zero attached hydrogens (tertiary/aromatic N) is 2. The van der Waals surface area contributed by atoms with E-state index in [0.717, 1.165) is 29.4 Å². The molecule has 1 aliphatic heterocycles. The molecule has 0 spiro atoms. The number of rotatable bonds is 3. The van der Waals surface area contributed by atoms with Gasteiger partial charge in [0.2, 0.25) is 5.91 Å². The molecule has 0 bridgehead atoms. The number of aromatic amines is 1. The zero-order chi connectivity index (χ0) is 16.0. The van der Waals surface area contributed by atoms with E-state index in [2.05, 4.69) is 15.3 Å². The van der Waals surface area contributed by atoms with E-state index in [0.29, 0.717) is 24.6 Å². The molecule has 1 fully saturated rings. The highest BCUT2D eigenvalue weighted by Gasteiger charge is 2.30. The molecule has 23 heavy (non-hydrogen) atoms. The molecule has 3 N–H and O–H groups in total. The second kappa shape index (κ2) is 5.12. The second-order valence-corrected chi connectivity index (χ2v) is 5.95. The minimum Gasteiger partial charge on any atom is -0.465 e. The van der Waals surface area contributed by atoms with Crippen molar-refractivity contribution < 1.29 is 14.7 Å². The van der Waals surface area contributed by atoms with Crippen LogP contribution in [0.3, 0.4) is 0 Å². The first-order chi connectivity index (χ1) is 11.1. The minimum absolute atomic E-state index is 0.00178. The molecule has 1 aliphatic carbocycles. The first-order valence-corrected chi connectivity index (χ1v) is 7.58. The number of carboxylic acid groups (broad SMARTS) is 1. The van der Waals surface area contributed by atoms with Crippen LogP contribution in [-0.2, 0) is 4.79 Å². The Balaban J connectivity index is 1.69. The Morgan fingerprint density at radius 1 is 1.39 bits per heavy atom. The SMILES string of the molecule is O=C(Nc1cc(C2=CCN(C(=O)O)C2)c2cc[nH]c2n1)C1CC1. The van der Waals surface area contributed by atoms with Crippen LogP contribution >= 0.6 is 0 Å². The highest BCUT2D eigenvalue weighted by Crippen LogP contribution is 2.32. The fraction of sp³-hybridized carbons (Fsp3) is 0.312. The van der Waals surface area contributed by atoms with E-state index in [4.69, 9.17) is 5.11 Å². The molecule has 0 unspecified atom stereocenters. The molecule has 2 amide bonds. The van der Waals surface area contributed by atoms with Crippen LogP contribution in [0.5, 0.6) is 0 Å². The highest BCUT2D eigenvalue weighted by molar-refractivity contribution is 5.97. The number of aromatic nitrogens is 2. The van der Waals surface area contributed by atoms with E-state index in [9.17, 15) is 9.59 Å². The predicted molar refractivity (Wildman–Crippen MR) is 85.0 cm³/mol. The van der Waals surface area contributed by atoms with Gasteiger partial charge in [0.25, 0.3) is 0 Å². The summed E-state index contributed by atoms with van der Waals surface area (Å²) in [5, 5.41) is 12.9. The summed E-state index contributed by atoms with van der Waals surface area (Å²) in [7, 11) is 0. The number of H-pyrrole nitrogens is 1. The maximum Gasteiger partial charge on any atom is 0.407 e. The lowest BCUT2D eigenvalue weighted by atomic mass is 10.0. The number of anilines is 1. The standard InChI is InChI=1S/C16H16N4O3/c21-15(9-1-2-9)19-13-7-12(11-3-5-17-14(11)18-13)10-4-6-20(8-10)16(22)23/h3-5,7,9H,1-2,6,8H2,(H,22,23)(H2,17,18,19,21). The third kappa shape index (κ3) is 2.54. The lowest BCUT2D eigenvalue weighted by molar-refractivity contribution is -0.117. The van der Waals surface area contributed by atoms with Crippen molar-refractivity contribution in [2.75, 3.05) is 18.4 Å². The first kappa shape index (κ1) is 13.8. The van der Waals surface area contributed by atoms with Gasteiger partial charge in [0.1, 0.15) is 11.5 Å². The molecule has 4 rings (SSSR count). The van der Waals surface area contributed by atoms with Crippen LogP contribution in [0.2, 0.25) is 0 Å². The molecule has 1 saturated carbocycles. The van der Waals surface area contributed by atoms with Crippen LogP contribution in [0, 0.1) is 5.92 Å². The van der Waals surface area contributed by atoms with Crippen molar-refractivity contribution in [1.82, 2.24) is 14.9 Å². The number of carbonyl (C=O) groups is 2. The van der Waals surface area contributed by atoms with Gasteiger partial charge in [-0.25, -0.2) is 9.78 Å². The van der Waals surface area contributed by atoms with Gasteiger partial charge in [0, 0.05) is 30.6 Å². The van der Waals surface area contributed by atoms with Crippen LogP contribution in [0.4, 0.5) is 10.6 Å². The van der Waals surface area contributed by atoms with E-state index in [1.165, 1.54) is 4.90 Å². The number of fused-ring (bicyclic) bond motifs is 1.